The summed E-state index contributed by atoms with van der Waals surface area (Å²) in [6.07, 6.45) is 3.59. The van der Waals surface area contributed by atoms with E-state index in [0.717, 1.165) is 25.7 Å². The zero-order valence-corrected chi connectivity index (χ0v) is 15.7. The lowest BCUT2D eigenvalue weighted by Gasteiger charge is -2.28. The van der Waals surface area contributed by atoms with Gasteiger partial charge in [-0.2, -0.15) is 4.98 Å². The summed E-state index contributed by atoms with van der Waals surface area (Å²) < 4.78 is 57.4. The highest BCUT2D eigenvalue weighted by atomic mass is 32.2. The molecule has 2 aliphatic carbocycles. The van der Waals surface area contributed by atoms with E-state index in [1.54, 1.807) is 6.92 Å². The highest BCUT2D eigenvalue weighted by molar-refractivity contribution is 7.89. The van der Waals surface area contributed by atoms with Gasteiger partial charge in [0.15, 0.2) is 5.82 Å². The Labute approximate surface area is 152 Å². The number of sulfonamides is 1. The molecule has 0 bridgehead atoms. The van der Waals surface area contributed by atoms with Crippen LogP contribution in [-0.2, 0) is 10.0 Å². The summed E-state index contributed by atoms with van der Waals surface area (Å²) in [5, 5.41) is 7.03. The number of nitrogens with zero attached hydrogens (tertiary/aromatic N) is 2. The quantitative estimate of drug-likeness (QED) is 0.741. The number of hydrogen-bond acceptors (Lipinski definition) is 6. The molecule has 0 aromatic carbocycles. The molecule has 1 aromatic heterocycles. The molecule has 0 amide bonds. The van der Waals surface area contributed by atoms with Crippen molar-refractivity contribution in [2.75, 3.05) is 17.6 Å². The van der Waals surface area contributed by atoms with Gasteiger partial charge in [-0.25, -0.2) is 21.9 Å². The van der Waals surface area contributed by atoms with E-state index in [0.29, 0.717) is 24.7 Å². The van der Waals surface area contributed by atoms with Crippen molar-refractivity contribution in [3.63, 3.8) is 0 Å². The molecule has 2 saturated carbocycles. The van der Waals surface area contributed by atoms with Crippen molar-refractivity contribution < 1.29 is 21.7 Å². The van der Waals surface area contributed by atoms with Crippen molar-refractivity contribution in [3.05, 3.63) is 5.82 Å². The first-order valence-electron chi connectivity index (χ1n) is 9.21. The van der Waals surface area contributed by atoms with Crippen molar-refractivity contribution in [3.8, 4) is 0 Å². The fraction of sp³-hybridized carbons (Fsp3) is 0.875. The molecule has 7 nitrogen and oxygen atoms in total. The zero-order chi connectivity index (χ0) is 18.8. The molecule has 26 heavy (non-hydrogen) atoms. The third kappa shape index (κ3) is 5.12. The molecule has 1 aromatic rings. The molecule has 1 unspecified atom stereocenters. The molecular weight excluding hydrogens is 366 g/mol. The Kier molecular flexibility index (Phi) is 5.81. The second-order valence-electron chi connectivity index (χ2n) is 7.37. The first-order valence-corrected chi connectivity index (χ1v) is 10.9. The zero-order valence-electron chi connectivity index (χ0n) is 14.9. The maximum atomic E-state index is 13.3. The van der Waals surface area contributed by atoms with Gasteiger partial charge >= 0.3 is 6.01 Å². The van der Waals surface area contributed by atoms with Crippen molar-refractivity contribution in [2.45, 2.75) is 69.8 Å². The smallest absolute Gasteiger partial charge is 0.321 e. The third-order valence-corrected chi connectivity index (χ3v) is 6.72. The van der Waals surface area contributed by atoms with Gasteiger partial charge < -0.3 is 9.84 Å². The Morgan fingerprint density at radius 1 is 1.23 bits per heavy atom. The van der Waals surface area contributed by atoms with Gasteiger partial charge in [0.1, 0.15) is 0 Å². The average Bonchev–Trinajstić information content (AvgIpc) is 3.20. The lowest BCUT2D eigenvalue weighted by atomic mass is 9.86. The fourth-order valence-electron chi connectivity index (χ4n) is 3.66. The number of aromatic nitrogens is 2. The maximum absolute atomic E-state index is 13.3. The molecular formula is C16H26F2N4O3S. The van der Waals surface area contributed by atoms with Crippen molar-refractivity contribution in [2.24, 2.45) is 5.92 Å². The van der Waals surface area contributed by atoms with Crippen LogP contribution in [0.4, 0.5) is 14.8 Å². The second kappa shape index (κ2) is 7.75. The first kappa shape index (κ1) is 19.5. The van der Waals surface area contributed by atoms with E-state index in [1.165, 1.54) is 0 Å². The minimum atomic E-state index is -3.15. The van der Waals surface area contributed by atoms with Gasteiger partial charge in [0.05, 0.1) is 5.75 Å². The van der Waals surface area contributed by atoms with Crippen LogP contribution >= 0.6 is 0 Å². The van der Waals surface area contributed by atoms with Crippen LogP contribution in [0.1, 0.15) is 63.6 Å². The SMILES string of the molecule is CCS(=O)(=O)NC[C@H]1CC[C@H](Nc2nc(C3CCC(F)(F)C3)no2)CC1. The van der Waals surface area contributed by atoms with Crippen LogP contribution in [0.15, 0.2) is 4.52 Å². The molecule has 2 N–H and O–H groups in total. The molecule has 0 saturated heterocycles. The number of halogens is 2. The molecule has 0 radical (unpaired) electrons. The van der Waals surface area contributed by atoms with Gasteiger partial charge in [-0.15, -0.1) is 0 Å². The van der Waals surface area contributed by atoms with Crippen LogP contribution < -0.4 is 10.0 Å². The molecule has 1 atom stereocenters. The van der Waals surface area contributed by atoms with Crippen LogP contribution in [-0.4, -0.2) is 42.8 Å². The molecule has 0 aliphatic heterocycles. The summed E-state index contributed by atoms with van der Waals surface area (Å²) in [5.74, 6) is -2.19. The lowest BCUT2D eigenvalue weighted by molar-refractivity contribution is 0.00749. The van der Waals surface area contributed by atoms with Crippen molar-refractivity contribution >= 4 is 16.0 Å². The minimum Gasteiger partial charge on any atom is -0.335 e. The Balaban J connectivity index is 1.44. The van der Waals surface area contributed by atoms with Crippen LogP contribution in [0.3, 0.4) is 0 Å². The van der Waals surface area contributed by atoms with E-state index in [4.69, 9.17) is 4.52 Å². The molecule has 0 spiro atoms. The van der Waals surface area contributed by atoms with Gasteiger partial charge in [-0.1, -0.05) is 5.16 Å². The second-order valence-corrected chi connectivity index (χ2v) is 9.46. The first-order chi connectivity index (χ1) is 12.3. The molecule has 1 heterocycles. The number of alkyl halides is 2. The minimum absolute atomic E-state index is 0.0936. The van der Waals surface area contributed by atoms with Crippen LogP contribution in [0.25, 0.3) is 0 Å². The highest BCUT2D eigenvalue weighted by Gasteiger charge is 2.42. The van der Waals surface area contributed by atoms with Crippen LogP contribution in [0.5, 0.6) is 0 Å². The van der Waals surface area contributed by atoms with E-state index >= 15 is 0 Å². The van der Waals surface area contributed by atoms with Gasteiger partial charge in [0.2, 0.25) is 15.9 Å². The normalized spacial score (nSPS) is 29.0. The summed E-state index contributed by atoms with van der Waals surface area (Å²) in [7, 11) is -3.15. The Hall–Kier alpha value is -1.29. The largest absolute Gasteiger partial charge is 0.335 e. The summed E-state index contributed by atoms with van der Waals surface area (Å²) in [4.78, 5) is 4.24. The van der Waals surface area contributed by atoms with E-state index in [1.807, 2.05) is 0 Å². The summed E-state index contributed by atoms with van der Waals surface area (Å²) in [6.45, 7) is 2.10. The van der Waals surface area contributed by atoms with E-state index in [2.05, 4.69) is 20.2 Å². The summed E-state index contributed by atoms with van der Waals surface area (Å²) in [5.41, 5.74) is 0. The van der Waals surface area contributed by atoms with E-state index < -0.39 is 15.9 Å². The van der Waals surface area contributed by atoms with Crippen molar-refractivity contribution in [1.29, 1.82) is 0 Å². The molecule has 2 fully saturated rings. The Morgan fingerprint density at radius 3 is 2.58 bits per heavy atom. The van der Waals surface area contributed by atoms with Gasteiger partial charge in [-0.3, -0.25) is 0 Å². The highest BCUT2D eigenvalue weighted by Crippen LogP contribution is 2.43. The lowest BCUT2D eigenvalue weighted by Crippen LogP contribution is -2.34. The predicted molar refractivity (Wildman–Crippen MR) is 92.7 cm³/mol. The van der Waals surface area contributed by atoms with Crippen molar-refractivity contribution in [1.82, 2.24) is 14.9 Å². The molecule has 2 aliphatic rings. The van der Waals surface area contributed by atoms with Gasteiger partial charge in [0, 0.05) is 31.3 Å². The molecule has 10 heteroatoms. The van der Waals surface area contributed by atoms with Gasteiger partial charge in [0.25, 0.3) is 0 Å². The number of nitrogens with one attached hydrogen (secondary N) is 2. The standard InChI is InChI=1S/C16H26F2N4O3S/c1-2-26(23,24)19-10-11-3-5-13(6-4-11)20-15-21-14(22-25-15)12-7-8-16(17,18)9-12/h11-13,19H,2-10H2,1H3,(H,20,21,22)/t11-,12?,13-. The van der Waals surface area contributed by atoms with E-state index in [9.17, 15) is 17.2 Å². The topological polar surface area (TPSA) is 97.1 Å². The molecule has 3 rings (SSSR count). The summed E-state index contributed by atoms with van der Waals surface area (Å²) in [6, 6.07) is 0.456. The number of rotatable bonds is 7. The van der Waals surface area contributed by atoms with Gasteiger partial charge in [-0.05, 0) is 44.9 Å². The monoisotopic (exact) mass is 392 g/mol. The summed E-state index contributed by atoms with van der Waals surface area (Å²) >= 11 is 0. The average molecular weight is 392 g/mol. The predicted octanol–water partition coefficient (Wildman–Crippen LogP) is 2.88. The van der Waals surface area contributed by atoms with Crippen LogP contribution in [0.2, 0.25) is 0 Å². The van der Waals surface area contributed by atoms with Crippen LogP contribution in [0, 0.1) is 5.92 Å². The fourth-order valence-corrected chi connectivity index (χ4v) is 4.36. The third-order valence-electron chi connectivity index (χ3n) is 5.36. The van der Waals surface area contributed by atoms with E-state index in [-0.39, 0.29) is 36.6 Å². The molecule has 148 valence electrons. The maximum Gasteiger partial charge on any atom is 0.321 e. The Morgan fingerprint density at radius 2 is 1.96 bits per heavy atom. The number of anilines is 1. The number of hydrogen-bond donors (Lipinski definition) is 2. The Bertz CT molecular complexity index is 702.